The van der Waals surface area contributed by atoms with Crippen LogP contribution in [0.15, 0.2) is 16.7 Å². The number of benzene rings is 1. The SMILES string of the molecule is O=C(CC1COCCO1)NC1CCC(CCN2CCN(c3noc4cc(F)c(Cl)cc34)CC2)CC1. The number of carbonyl (C=O) groups excluding carboxylic acids is 1. The van der Waals surface area contributed by atoms with Gasteiger partial charge in [0.2, 0.25) is 5.91 Å². The van der Waals surface area contributed by atoms with Crippen molar-refractivity contribution in [2.75, 3.05) is 57.4 Å². The quantitative estimate of drug-likeness (QED) is 0.612. The number of anilines is 1. The van der Waals surface area contributed by atoms with Crippen molar-refractivity contribution in [1.29, 1.82) is 0 Å². The predicted molar refractivity (Wildman–Crippen MR) is 131 cm³/mol. The van der Waals surface area contributed by atoms with Crippen LogP contribution in [0.5, 0.6) is 0 Å². The van der Waals surface area contributed by atoms with Crippen molar-refractivity contribution in [3.8, 4) is 0 Å². The van der Waals surface area contributed by atoms with Gasteiger partial charge in [0, 0.05) is 38.3 Å². The molecule has 1 unspecified atom stereocenters. The molecule has 3 aliphatic rings. The van der Waals surface area contributed by atoms with Crippen molar-refractivity contribution in [3.63, 3.8) is 0 Å². The molecule has 0 radical (unpaired) electrons. The second-order valence-electron chi connectivity index (χ2n) is 9.94. The molecule has 2 saturated heterocycles. The average molecular weight is 509 g/mol. The van der Waals surface area contributed by atoms with Crippen molar-refractivity contribution < 1.29 is 23.2 Å². The monoisotopic (exact) mass is 508 g/mol. The molecule has 3 heterocycles. The molecular formula is C25H34ClFN4O4. The van der Waals surface area contributed by atoms with E-state index in [1.165, 1.54) is 12.5 Å². The first-order valence-electron chi connectivity index (χ1n) is 12.8. The van der Waals surface area contributed by atoms with Crippen LogP contribution < -0.4 is 10.2 Å². The van der Waals surface area contributed by atoms with E-state index in [9.17, 15) is 9.18 Å². The summed E-state index contributed by atoms with van der Waals surface area (Å²) < 4.78 is 30.0. The Hall–Kier alpha value is -1.94. The van der Waals surface area contributed by atoms with E-state index in [-0.39, 0.29) is 23.1 Å². The van der Waals surface area contributed by atoms with Gasteiger partial charge in [0.1, 0.15) is 5.82 Å². The molecule has 1 amide bonds. The van der Waals surface area contributed by atoms with Gasteiger partial charge < -0.3 is 24.2 Å². The van der Waals surface area contributed by atoms with Crippen molar-refractivity contribution in [3.05, 3.63) is 23.0 Å². The van der Waals surface area contributed by atoms with Crippen LogP contribution in [0, 0.1) is 11.7 Å². The summed E-state index contributed by atoms with van der Waals surface area (Å²) in [7, 11) is 0. The molecule has 0 bridgehead atoms. The maximum Gasteiger partial charge on any atom is 0.222 e. The minimum absolute atomic E-state index is 0.0779. The van der Waals surface area contributed by atoms with E-state index in [1.807, 2.05) is 0 Å². The lowest BCUT2D eigenvalue weighted by atomic mass is 9.84. The third-order valence-corrected chi connectivity index (χ3v) is 7.82. The summed E-state index contributed by atoms with van der Waals surface area (Å²) >= 11 is 5.97. The molecule has 35 heavy (non-hydrogen) atoms. The second-order valence-corrected chi connectivity index (χ2v) is 10.4. The fraction of sp³-hybridized carbons (Fsp3) is 0.680. The average Bonchev–Trinajstić information content (AvgIpc) is 3.27. The number of fused-ring (bicyclic) bond motifs is 1. The van der Waals surface area contributed by atoms with Crippen molar-refractivity contribution in [2.45, 2.75) is 50.7 Å². The zero-order valence-corrected chi connectivity index (χ0v) is 20.8. The van der Waals surface area contributed by atoms with Gasteiger partial charge in [-0.1, -0.05) is 16.8 Å². The second kappa shape index (κ2) is 11.4. The van der Waals surface area contributed by atoms with E-state index < -0.39 is 5.82 Å². The van der Waals surface area contributed by atoms with Gasteiger partial charge in [-0.3, -0.25) is 9.69 Å². The molecule has 1 N–H and O–H groups in total. The molecule has 3 fully saturated rings. The van der Waals surface area contributed by atoms with Gasteiger partial charge in [-0.25, -0.2) is 4.39 Å². The van der Waals surface area contributed by atoms with Crippen LogP contribution in [0.2, 0.25) is 5.02 Å². The van der Waals surface area contributed by atoms with Crippen molar-refractivity contribution in [1.82, 2.24) is 15.4 Å². The third-order valence-electron chi connectivity index (χ3n) is 7.53. The number of aromatic nitrogens is 1. The van der Waals surface area contributed by atoms with Gasteiger partial charge in [0.05, 0.1) is 42.8 Å². The Morgan fingerprint density at radius 2 is 1.94 bits per heavy atom. The van der Waals surface area contributed by atoms with E-state index in [0.29, 0.717) is 37.7 Å². The van der Waals surface area contributed by atoms with Crippen LogP contribution in [-0.2, 0) is 14.3 Å². The van der Waals surface area contributed by atoms with Crippen LogP contribution >= 0.6 is 11.6 Å². The number of carbonyl (C=O) groups is 1. The molecule has 1 saturated carbocycles. The Labute approximate surface area is 210 Å². The first-order valence-corrected chi connectivity index (χ1v) is 13.1. The summed E-state index contributed by atoms with van der Waals surface area (Å²) in [6.45, 7) is 6.42. The van der Waals surface area contributed by atoms with Gasteiger partial charge >= 0.3 is 0 Å². The summed E-state index contributed by atoms with van der Waals surface area (Å²) in [5.74, 6) is 1.04. The predicted octanol–water partition coefficient (Wildman–Crippen LogP) is 3.61. The van der Waals surface area contributed by atoms with Crippen molar-refractivity contribution >= 4 is 34.3 Å². The van der Waals surface area contributed by atoms with E-state index in [4.69, 9.17) is 25.6 Å². The number of amides is 1. The first kappa shape index (κ1) is 24.7. The van der Waals surface area contributed by atoms with Crippen LogP contribution in [-0.4, -0.2) is 80.7 Å². The number of nitrogens with one attached hydrogen (secondary N) is 1. The third kappa shape index (κ3) is 6.25. The molecule has 8 nitrogen and oxygen atoms in total. The molecule has 1 atom stereocenters. The lowest BCUT2D eigenvalue weighted by molar-refractivity contribution is -0.132. The van der Waals surface area contributed by atoms with Gasteiger partial charge in [0.15, 0.2) is 11.4 Å². The standard InChI is InChI=1S/C25H34ClFN4O4/c26-21-14-20-23(15-22(21)27)35-29-25(20)31-9-7-30(8-10-31)6-5-17-1-3-18(4-2-17)28-24(32)13-19-16-33-11-12-34-19/h14-15,17-19H,1-13,16H2,(H,28,32). The zero-order chi connectivity index (χ0) is 24.2. The highest BCUT2D eigenvalue weighted by molar-refractivity contribution is 6.31. The van der Waals surface area contributed by atoms with Gasteiger partial charge in [0.25, 0.3) is 0 Å². The van der Waals surface area contributed by atoms with E-state index in [1.54, 1.807) is 6.07 Å². The highest BCUT2D eigenvalue weighted by Crippen LogP contribution is 2.31. The molecule has 1 aromatic heterocycles. The molecule has 1 aromatic carbocycles. The molecular weight excluding hydrogens is 475 g/mol. The summed E-state index contributed by atoms with van der Waals surface area (Å²) in [5, 5.41) is 8.21. The highest BCUT2D eigenvalue weighted by atomic mass is 35.5. The Morgan fingerprint density at radius 3 is 2.69 bits per heavy atom. The van der Waals surface area contributed by atoms with Crippen LogP contribution in [0.25, 0.3) is 11.0 Å². The number of nitrogens with zero attached hydrogens (tertiary/aromatic N) is 3. The maximum atomic E-state index is 13.7. The van der Waals surface area contributed by atoms with E-state index in [2.05, 4.69) is 20.3 Å². The smallest absolute Gasteiger partial charge is 0.222 e. The molecule has 2 aromatic rings. The number of rotatable bonds is 7. The summed E-state index contributed by atoms with van der Waals surface area (Å²) in [4.78, 5) is 17.0. The van der Waals surface area contributed by atoms with E-state index in [0.717, 1.165) is 69.6 Å². The molecule has 2 aliphatic heterocycles. The van der Waals surface area contributed by atoms with E-state index >= 15 is 0 Å². The molecule has 5 rings (SSSR count). The Kier molecular flexibility index (Phi) is 8.07. The number of piperazine rings is 1. The highest BCUT2D eigenvalue weighted by Gasteiger charge is 2.26. The fourth-order valence-corrected chi connectivity index (χ4v) is 5.60. The normalized spacial score (nSPS) is 26.2. The number of hydrogen-bond acceptors (Lipinski definition) is 7. The topological polar surface area (TPSA) is 80.1 Å². The summed E-state index contributed by atoms with van der Waals surface area (Å²) in [5.41, 5.74) is 0.424. The molecule has 10 heteroatoms. The van der Waals surface area contributed by atoms with Gasteiger partial charge in [-0.15, -0.1) is 0 Å². The molecule has 0 spiro atoms. The Morgan fingerprint density at radius 1 is 1.14 bits per heavy atom. The number of halogens is 2. The van der Waals surface area contributed by atoms with Crippen LogP contribution in [0.4, 0.5) is 10.2 Å². The van der Waals surface area contributed by atoms with Crippen LogP contribution in [0.3, 0.4) is 0 Å². The number of hydrogen-bond donors (Lipinski definition) is 1. The van der Waals surface area contributed by atoms with Gasteiger partial charge in [-0.2, -0.15) is 0 Å². The fourth-order valence-electron chi connectivity index (χ4n) is 5.44. The Balaban J connectivity index is 1.00. The Bertz CT molecular complexity index is 999. The maximum absolute atomic E-state index is 13.7. The minimum Gasteiger partial charge on any atom is -0.376 e. The van der Waals surface area contributed by atoms with Gasteiger partial charge in [-0.05, 0) is 50.6 Å². The lowest BCUT2D eigenvalue weighted by Gasteiger charge is -2.36. The lowest BCUT2D eigenvalue weighted by Crippen LogP contribution is -2.47. The zero-order valence-electron chi connectivity index (χ0n) is 20.0. The van der Waals surface area contributed by atoms with Crippen LogP contribution in [0.1, 0.15) is 38.5 Å². The largest absolute Gasteiger partial charge is 0.376 e. The first-order chi connectivity index (χ1) is 17.0. The molecule has 192 valence electrons. The molecule has 1 aliphatic carbocycles. The number of ether oxygens (including phenoxy) is 2. The summed E-state index contributed by atoms with van der Waals surface area (Å²) in [6, 6.07) is 3.18. The van der Waals surface area contributed by atoms with Crippen molar-refractivity contribution in [2.24, 2.45) is 5.92 Å². The summed E-state index contributed by atoms with van der Waals surface area (Å²) in [6.07, 6.45) is 5.90. The minimum atomic E-state index is -0.493.